The van der Waals surface area contributed by atoms with Crippen molar-refractivity contribution in [3.63, 3.8) is 0 Å². The summed E-state index contributed by atoms with van der Waals surface area (Å²) in [5.74, 6) is 0.221. The average molecular weight is 133 g/mol. The SMILES string of the molecule is CC1=C[C@@H](Cl)C(=O)O1. The van der Waals surface area contributed by atoms with Gasteiger partial charge in [-0.2, -0.15) is 0 Å². The second kappa shape index (κ2) is 1.78. The van der Waals surface area contributed by atoms with E-state index < -0.39 is 5.38 Å². The van der Waals surface area contributed by atoms with Crippen LogP contribution in [0.3, 0.4) is 0 Å². The minimum atomic E-state index is -0.560. The molecule has 0 aliphatic carbocycles. The number of alkyl halides is 1. The molecule has 2 nitrogen and oxygen atoms in total. The summed E-state index contributed by atoms with van der Waals surface area (Å²) in [4.78, 5) is 10.4. The Bertz CT molecular complexity index is 151. The van der Waals surface area contributed by atoms with Crippen LogP contribution >= 0.6 is 11.6 Å². The third-order valence-electron chi connectivity index (χ3n) is 0.868. The lowest BCUT2D eigenvalue weighted by Crippen LogP contribution is -2.05. The van der Waals surface area contributed by atoms with Gasteiger partial charge in [0.25, 0.3) is 0 Å². The van der Waals surface area contributed by atoms with Gasteiger partial charge in [0.2, 0.25) is 0 Å². The van der Waals surface area contributed by atoms with Crippen molar-refractivity contribution in [3.8, 4) is 0 Å². The van der Waals surface area contributed by atoms with Gasteiger partial charge >= 0.3 is 5.97 Å². The van der Waals surface area contributed by atoms with Crippen LogP contribution in [0.15, 0.2) is 11.8 Å². The van der Waals surface area contributed by atoms with E-state index in [1.807, 2.05) is 0 Å². The second-order valence-corrected chi connectivity index (χ2v) is 2.07. The third kappa shape index (κ3) is 0.842. The number of halogens is 1. The molecule has 1 aliphatic rings. The Morgan fingerprint density at radius 2 is 2.50 bits per heavy atom. The first-order valence-electron chi connectivity index (χ1n) is 2.24. The molecular formula is C5H5ClO2. The van der Waals surface area contributed by atoms with Crippen molar-refractivity contribution >= 4 is 17.6 Å². The van der Waals surface area contributed by atoms with Crippen molar-refractivity contribution in [2.75, 3.05) is 0 Å². The van der Waals surface area contributed by atoms with E-state index in [2.05, 4.69) is 4.74 Å². The minimum absolute atomic E-state index is 0.371. The summed E-state index contributed by atoms with van der Waals surface area (Å²) in [6.45, 7) is 1.69. The number of carbonyl (C=O) groups is 1. The van der Waals surface area contributed by atoms with E-state index in [-0.39, 0.29) is 5.97 Å². The summed E-state index contributed by atoms with van der Waals surface area (Å²) >= 11 is 5.41. The van der Waals surface area contributed by atoms with Crippen molar-refractivity contribution < 1.29 is 9.53 Å². The van der Waals surface area contributed by atoms with Crippen LogP contribution in [0.2, 0.25) is 0 Å². The predicted molar refractivity (Wildman–Crippen MR) is 29.5 cm³/mol. The normalized spacial score (nSPS) is 27.5. The van der Waals surface area contributed by atoms with Crippen LogP contribution in [0.4, 0.5) is 0 Å². The van der Waals surface area contributed by atoms with Gasteiger partial charge in [0.15, 0.2) is 5.38 Å². The Kier molecular flexibility index (Phi) is 1.26. The molecule has 1 atom stereocenters. The van der Waals surface area contributed by atoms with Crippen LogP contribution in [-0.2, 0) is 9.53 Å². The highest BCUT2D eigenvalue weighted by Crippen LogP contribution is 2.14. The number of cyclic esters (lactones) is 1. The molecule has 0 unspecified atom stereocenters. The number of rotatable bonds is 0. The van der Waals surface area contributed by atoms with Gasteiger partial charge in [-0.1, -0.05) is 0 Å². The van der Waals surface area contributed by atoms with Crippen molar-refractivity contribution in [2.24, 2.45) is 0 Å². The molecule has 0 aromatic heterocycles. The first-order chi connectivity index (χ1) is 3.70. The van der Waals surface area contributed by atoms with Gasteiger partial charge in [-0.25, -0.2) is 4.79 Å². The van der Waals surface area contributed by atoms with E-state index in [1.165, 1.54) is 0 Å². The van der Waals surface area contributed by atoms with Crippen LogP contribution in [0.25, 0.3) is 0 Å². The number of carbonyl (C=O) groups excluding carboxylic acids is 1. The van der Waals surface area contributed by atoms with E-state index in [9.17, 15) is 4.79 Å². The van der Waals surface area contributed by atoms with Crippen molar-refractivity contribution in [3.05, 3.63) is 11.8 Å². The molecule has 1 heterocycles. The van der Waals surface area contributed by atoms with Gasteiger partial charge in [-0.05, 0) is 13.0 Å². The van der Waals surface area contributed by atoms with E-state index in [0.29, 0.717) is 5.76 Å². The van der Waals surface area contributed by atoms with Crippen molar-refractivity contribution in [2.45, 2.75) is 12.3 Å². The van der Waals surface area contributed by atoms with Gasteiger partial charge in [0, 0.05) is 0 Å². The molecule has 0 saturated heterocycles. The summed E-state index contributed by atoms with van der Waals surface area (Å²) in [5, 5.41) is -0.560. The van der Waals surface area contributed by atoms with E-state index >= 15 is 0 Å². The van der Waals surface area contributed by atoms with Gasteiger partial charge in [0.1, 0.15) is 5.76 Å². The maximum absolute atomic E-state index is 10.4. The van der Waals surface area contributed by atoms with Crippen LogP contribution < -0.4 is 0 Å². The first-order valence-corrected chi connectivity index (χ1v) is 2.68. The fraction of sp³-hybridized carbons (Fsp3) is 0.400. The number of hydrogen-bond donors (Lipinski definition) is 0. The van der Waals surface area contributed by atoms with Crippen LogP contribution in [0.5, 0.6) is 0 Å². The number of esters is 1. The second-order valence-electron chi connectivity index (χ2n) is 1.60. The first kappa shape index (κ1) is 5.63. The largest absolute Gasteiger partial charge is 0.430 e. The molecule has 0 fully saturated rings. The van der Waals surface area contributed by atoms with E-state index in [1.54, 1.807) is 13.0 Å². The Hall–Kier alpha value is -0.500. The monoisotopic (exact) mass is 132 g/mol. The van der Waals surface area contributed by atoms with Crippen LogP contribution in [-0.4, -0.2) is 11.3 Å². The quantitative estimate of drug-likeness (QED) is 0.364. The predicted octanol–water partition coefficient (Wildman–Crippen LogP) is 1.05. The van der Waals surface area contributed by atoms with Gasteiger partial charge in [0.05, 0.1) is 0 Å². The van der Waals surface area contributed by atoms with E-state index in [0.717, 1.165) is 0 Å². The molecular weight excluding hydrogens is 128 g/mol. The Morgan fingerprint density at radius 3 is 2.62 bits per heavy atom. The Morgan fingerprint density at radius 1 is 1.88 bits per heavy atom. The molecule has 0 aromatic carbocycles. The molecule has 8 heavy (non-hydrogen) atoms. The lowest BCUT2D eigenvalue weighted by atomic mass is 10.4. The summed E-state index contributed by atoms with van der Waals surface area (Å²) in [5.41, 5.74) is 0. The molecule has 0 radical (unpaired) electrons. The van der Waals surface area contributed by atoms with Gasteiger partial charge < -0.3 is 4.74 Å². The highest BCUT2D eigenvalue weighted by molar-refractivity contribution is 6.32. The van der Waals surface area contributed by atoms with Gasteiger partial charge in [-0.3, -0.25) is 0 Å². The molecule has 0 saturated carbocycles. The van der Waals surface area contributed by atoms with Crippen LogP contribution in [0.1, 0.15) is 6.92 Å². The summed E-state index contributed by atoms with van der Waals surface area (Å²) in [6.07, 6.45) is 1.57. The molecule has 44 valence electrons. The zero-order chi connectivity index (χ0) is 6.15. The number of hydrogen-bond acceptors (Lipinski definition) is 2. The minimum Gasteiger partial charge on any atom is -0.430 e. The smallest absolute Gasteiger partial charge is 0.333 e. The van der Waals surface area contributed by atoms with Crippen molar-refractivity contribution in [1.82, 2.24) is 0 Å². The fourth-order valence-corrected chi connectivity index (χ4v) is 0.745. The Balaban J connectivity index is 2.69. The maximum Gasteiger partial charge on any atom is 0.333 e. The highest BCUT2D eigenvalue weighted by Gasteiger charge is 2.21. The standard InChI is InChI=1S/C5H5ClO2/c1-3-2-4(6)5(7)8-3/h2,4H,1H3/t4-/m1/s1. The third-order valence-corrected chi connectivity index (χ3v) is 1.17. The summed E-state index contributed by atoms with van der Waals surface area (Å²) in [6, 6.07) is 0. The average Bonchev–Trinajstić information content (AvgIpc) is 1.85. The molecule has 0 amide bonds. The molecule has 1 rings (SSSR count). The maximum atomic E-state index is 10.4. The van der Waals surface area contributed by atoms with Gasteiger partial charge in [-0.15, -0.1) is 11.6 Å². The number of allylic oxidation sites excluding steroid dienone is 1. The molecule has 3 heteroatoms. The zero-order valence-corrected chi connectivity index (χ0v) is 5.11. The fourth-order valence-electron chi connectivity index (χ4n) is 0.523. The summed E-state index contributed by atoms with van der Waals surface area (Å²) in [7, 11) is 0. The lowest BCUT2D eigenvalue weighted by molar-refractivity contribution is -0.136. The molecule has 0 aromatic rings. The zero-order valence-electron chi connectivity index (χ0n) is 4.35. The van der Waals surface area contributed by atoms with Crippen LogP contribution in [0, 0.1) is 0 Å². The van der Waals surface area contributed by atoms with E-state index in [4.69, 9.17) is 11.6 Å². The molecule has 0 bridgehead atoms. The molecule has 0 N–H and O–H groups in total. The van der Waals surface area contributed by atoms with Crippen molar-refractivity contribution in [1.29, 1.82) is 0 Å². The number of ether oxygens (including phenoxy) is 1. The molecule has 1 aliphatic heterocycles. The highest BCUT2D eigenvalue weighted by atomic mass is 35.5. The molecule has 0 spiro atoms. The Labute approximate surface area is 52.1 Å². The topological polar surface area (TPSA) is 26.3 Å². The lowest BCUT2D eigenvalue weighted by Gasteiger charge is -1.90. The summed E-state index contributed by atoms with van der Waals surface area (Å²) < 4.78 is 4.56.